The molecule has 1 aromatic heterocycles. The Labute approximate surface area is 120 Å². The number of ether oxygens (including phenoxy) is 1. The molecule has 1 aromatic rings. The van der Waals surface area contributed by atoms with Crippen LogP contribution < -0.4 is 5.32 Å². The van der Waals surface area contributed by atoms with Crippen molar-refractivity contribution in [1.82, 2.24) is 10.3 Å². The number of alkyl halides is 3. The number of rotatable bonds is 5. The van der Waals surface area contributed by atoms with Crippen LogP contribution in [0.1, 0.15) is 48.5 Å². The van der Waals surface area contributed by atoms with E-state index in [1.165, 1.54) is 6.20 Å². The summed E-state index contributed by atoms with van der Waals surface area (Å²) in [6.07, 6.45) is 0.771. The van der Waals surface area contributed by atoms with Gasteiger partial charge in [-0.3, -0.25) is 0 Å². The summed E-state index contributed by atoms with van der Waals surface area (Å²) in [5.41, 5.74) is -0.404. The molecule has 1 atom stereocenters. The summed E-state index contributed by atoms with van der Waals surface area (Å²) in [7, 11) is 1.76. The van der Waals surface area contributed by atoms with E-state index in [4.69, 9.17) is 4.74 Å². The maximum Gasteiger partial charge on any atom is 0.443 e. The normalized spacial score (nSPS) is 20.2. The molecule has 3 nitrogen and oxygen atoms in total. The molecule has 1 aliphatic rings. The average molecular weight is 308 g/mol. The van der Waals surface area contributed by atoms with Crippen molar-refractivity contribution in [1.29, 1.82) is 0 Å². The predicted octanol–water partition coefficient (Wildman–Crippen LogP) is 3.77. The van der Waals surface area contributed by atoms with Crippen LogP contribution in [0.15, 0.2) is 6.20 Å². The zero-order chi connectivity index (χ0) is 14.8. The third-order valence-electron chi connectivity index (χ3n) is 3.75. The van der Waals surface area contributed by atoms with Gasteiger partial charge in [-0.25, -0.2) is 4.98 Å². The van der Waals surface area contributed by atoms with Crippen molar-refractivity contribution >= 4 is 11.3 Å². The molecule has 0 aliphatic heterocycles. The van der Waals surface area contributed by atoms with Gasteiger partial charge in [-0.1, -0.05) is 12.8 Å². The Kier molecular flexibility index (Phi) is 4.71. The zero-order valence-electron chi connectivity index (χ0n) is 11.6. The Balaban J connectivity index is 2.29. The van der Waals surface area contributed by atoms with Gasteiger partial charge in [-0.05, 0) is 26.8 Å². The van der Waals surface area contributed by atoms with Crippen LogP contribution in [0, 0.1) is 0 Å². The summed E-state index contributed by atoms with van der Waals surface area (Å²) in [5, 5.41) is 2.33. The van der Waals surface area contributed by atoms with Crippen molar-refractivity contribution in [3.8, 4) is 0 Å². The van der Waals surface area contributed by atoms with Gasteiger partial charge in [0.2, 0.25) is 0 Å². The van der Waals surface area contributed by atoms with E-state index in [0.717, 1.165) is 25.7 Å². The van der Waals surface area contributed by atoms with E-state index in [-0.39, 0.29) is 6.04 Å². The lowest BCUT2D eigenvalue weighted by Gasteiger charge is -2.36. The molecule has 1 aliphatic carbocycles. The summed E-state index contributed by atoms with van der Waals surface area (Å²) >= 11 is 0.705. The van der Waals surface area contributed by atoms with Crippen molar-refractivity contribution in [2.75, 3.05) is 13.7 Å². The number of hydrogen-bond acceptors (Lipinski definition) is 4. The molecule has 0 radical (unpaired) electrons. The topological polar surface area (TPSA) is 34.1 Å². The van der Waals surface area contributed by atoms with Crippen molar-refractivity contribution in [3.05, 3.63) is 16.1 Å². The van der Waals surface area contributed by atoms with Crippen LogP contribution in [0.4, 0.5) is 13.2 Å². The second-order valence-electron chi connectivity index (χ2n) is 4.99. The van der Waals surface area contributed by atoms with Gasteiger partial charge in [-0.2, -0.15) is 13.2 Å². The summed E-state index contributed by atoms with van der Waals surface area (Å²) in [5.74, 6) is 0. The summed E-state index contributed by atoms with van der Waals surface area (Å²) in [6, 6.07) is -0.237. The number of likely N-dealkylation sites (N-methyl/N-ethyl adjacent to an activating group) is 1. The fourth-order valence-electron chi connectivity index (χ4n) is 2.99. The van der Waals surface area contributed by atoms with Gasteiger partial charge in [0.15, 0.2) is 5.01 Å². The lowest BCUT2D eigenvalue weighted by Crippen LogP contribution is -2.42. The quantitative estimate of drug-likeness (QED) is 0.899. The fraction of sp³-hybridized carbons (Fsp3) is 0.769. The highest BCUT2D eigenvalue weighted by Crippen LogP contribution is 2.45. The van der Waals surface area contributed by atoms with Crippen molar-refractivity contribution < 1.29 is 17.9 Å². The van der Waals surface area contributed by atoms with Gasteiger partial charge in [0.1, 0.15) is 0 Å². The number of nitrogens with one attached hydrogen (secondary N) is 1. The molecule has 114 valence electrons. The molecule has 1 N–H and O–H groups in total. The molecule has 1 heterocycles. The minimum absolute atomic E-state index is 0.237. The molecule has 20 heavy (non-hydrogen) atoms. The molecule has 1 saturated carbocycles. The smallest absolute Gasteiger partial charge is 0.373 e. The van der Waals surface area contributed by atoms with Crippen molar-refractivity contribution in [2.24, 2.45) is 0 Å². The molecular formula is C13H19F3N2OS. The Bertz CT molecular complexity index is 441. The number of thiazole rings is 1. The second-order valence-corrected chi connectivity index (χ2v) is 6.05. The standard InChI is InChI=1S/C13H19F3N2OS/c1-3-19-12(6-4-5-7-12)10(17-2)9-8-18-11(20-9)13(14,15)16/h8,10,17H,3-7H2,1-2H3. The minimum Gasteiger partial charge on any atom is -0.373 e. The van der Waals surface area contributed by atoms with Gasteiger partial charge in [0.05, 0.1) is 11.6 Å². The van der Waals surface area contributed by atoms with Crippen LogP contribution in [0.5, 0.6) is 0 Å². The Morgan fingerprint density at radius 2 is 2.10 bits per heavy atom. The molecule has 7 heteroatoms. The third-order valence-corrected chi connectivity index (χ3v) is 4.85. The number of hydrogen-bond donors (Lipinski definition) is 1. The fourth-order valence-corrected chi connectivity index (χ4v) is 3.99. The number of halogens is 3. The number of aromatic nitrogens is 1. The van der Waals surface area contributed by atoms with E-state index in [9.17, 15) is 13.2 Å². The maximum atomic E-state index is 12.7. The Morgan fingerprint density at radius 1 is 1.45 bits per heavy atom. The van der Waals surface area contributed by atoms with E-state index in [0.29, 0.717) is 22.8 Å². The molecular weight excluding hydrogens is 289 g/mol. The van der Waals surface area contributed by atoms with E-state index < -0.39 is 16.8 Å². The molecule has 1 unspecified atom stereocenters. The first-order valence-electron chi connectivity index (χ1n) is 6.77. The van der Waals surface area contributed by atoms with E-state index in [1.54, 1.807) is 7.05 Å². The average Bonchev–Trinajstić information content (AvgIpc) is 3.00. The van der Waals surface area contributed by atoms with Gasteiger partial charge in [0, 0.05) is 17.7 Å². The minimum atomic E-state index is -4.38. The largest absolute Gasteiger partial charge is 0.443 e. The van der Waals surface area contributed by atoms with Gasteiger partial charge < -0.3 is 10.1 Å². The first-order chi connectivity index (χ1) is 9.43. The lowest BCUT2D eigenvalue weighted by molar-refractivity contribution is -0.137. The lowest BCUT2D eigenvalue weighted by atomic mass is 9.91. The van der Waals surface area contributed by atoms with Crippen LogP contribution in [0.25, 0.3) is 0 Å². The molecule has 0 bridgehead atoms. The van der Waals surface area contributed by atoms with Crippen molar-refractivity contribution in [3.63, 3.8) is 0 Å². The van der Waals surface area contributed by atoms with Crippen LogP contribution >= 0.6 is 11.3 Å². The molecule has 0 amide bonds. The first-order valence-corrected chi connectivity index (χ1v) is 7.59. The molecule has 0 aromatic carbocycles. The Morgan fingerprint density at radius 3 is 2.55 bits per heavy atom. The van der Waals surface area contributed by atoms with Gasteiger partial charge >= 0.3 is 6.18 Å². The van der Waals surface area contributed by atoms with Crippen LogP contribution in [-0.4, -0.2) is 24.2 Å². The highest BCUT2D eigenvalue weighted by Gasteiger charge is 2.44. The zero-order valence-corrected chi connectivity index (χ0v) is 12.4. The molecule has 0 spiro atoms. The molecule has 0 saturated heterocycles. The van der Waals surface area contributed by atoms with Gasteiger partial charge in [0.25, 0.3) is 0 Å². The SMILES string of the molecule is CCOC1(C(NC)c2cnc(C(F)(F)F)s2)CCCC1. The Hall–Kier alpha value is -0.660. The highest BCUT2D eigenvalue weighted by atomic mass is 32.1. The summed E-state index contributed by atoms with van der Waals surface area (Å²) in [6.45, 7) is 2.48. The second kappa shape index (κ2) is 5.99. The van der Waals surface area contributed by atoms with Crippen LogP contribution in [0.3, 0.4) is 0 Å². The first kappa shape index (κ1) is 15.7. The van der Waals surface area contributed by atoms with Crippen LogP contribution in [0.2, 0.25) is 0 Å². The maximum absolute atomic E-state index is 12.7. The van der Waals surface area contributed by atoms with Gasteiger partial charge in [-0.15, -0.1) is 11.3 Å². The highest BCUT2D eigenvalue weighted by molar-refractivity contribution is 7.11. The van der Waals surface area contributed by atoms with E-state index >= 15 is 0 Å². The summed E-state index contributed by atoms with van der Waals surface area (Å²) in [4.78, 5) is 4.11. The van der Waals surface area contributed by atoms with E-state index in [1.807, 2.05) is 6.92 Å². The summed E-state index contributed by atoms with van der Waals surface area (Å²) < 4.78 is 44.0. The predicted molar refractivity (Wildman–Crippen MR) is 71.7 cm³/mol. The monoisotopic (exact) mass is 308 g/mol. The molecule has 2 rings (SSSR count). The molecule has 1 fully saturated rings. The number of nitrogens with zero attached hydrogens (tertiary/aromatic N) is 1. The van der Waals surface area contributed by atoms with Crippen molar-refractivity contribution in [2.45, 2.75) is 50.4 Å². The van der Waals surface area contributed by atoms with E-state index in [2.05, 4.69) is 10.3 Å². The third kappa shape index (κ3) is 2.99. The van der Waals surface area contributed by atoms with Crippen LogP contribution in [-0.2, 0) is 10.9 Å².